The molecule has 2 aromatic rings. The van der Waals surface area contributed by atoms with E-state index in [-0.39, 0.29) is 5.91 Å². The number of anilines is 2. The number of hydrogen-bond acceptors (Lipinski definition) is 6. The molecule has 2 aliphatic carbocycles. The van der Waals surface area contributed by atoms with Crippen molar-refractivity contribution in [2.45, 2.75) is 57.4 Å². The number of nitrogens with one attached hydrogen (secondary N) is 2. The van der Waals surface area contributed by atoms with Gasteiger partial charge in [-0.25, -0.2) is 4.98 Å². The van der Waals surface area contributed by atoms with E-state index < -0.39 is 0 Å². The highest BCUT2D eigenvalue weighted by atomic mass is 16.5. The third-order valence-electron chi connectivity index (χ3n) is 6.65. The van der Waals surface area contributed by atoms with Gasteiger partial charge in [-0.15, -0.1) is 0 Å². The second kappa shape index (κ2) is 10.2. The lowest BCUT2D eigenvalue weighted by molar-refractivity contribution is 0.0943. The molecule has 0 spiro atoms. The monoisotopic (exact) mass is 437 g/mol. The van der Waals surface area contributed by atoms with Gasteiger partial charge in [0.05, 0.1) is 12.8 Å². The Kier molecular flexibility index (Phi) is 7.12. The molecular formula is C25H35N5O2. The Bertz CT molecular complexity index is 938. The van der Waals surface area contributed by atoms with Crippen LogP contribution in [0.2, 0.25) is 0 Å². The van der Waals surface area contributed by atoms with E-state index in [2.05, 4.69) is 29.6 Å². The topological polar surface area (TPSA) is 79.4 Å². The minimum Gasteiger partial charge on any atom is -0.497 e. The van der Waals surface area contributed by atoms with E-state index in [0.29, 0.717) is 29.8 Å². The normalized spacial score (nSPS) is 20.2. The van der Waals surface area contributed by atoms with Crippen molar-refractivity contribution in [3.8, 4) is 5.75 Å². The standard InChI is InChI=1S/C25H35N5O2/c1-30(2)23-21-9-4-5-10-22(21)28-25(29-23)27-19-13-11-17(12-14-19)16-26-24(31)18-7-6-8-20(15-18)32-3/h6-8,15,17,19H,4-5,9-14,16H2,1-3H3,(H,26,31)(H,27,28,29). The molecule has 1 saturated carbocycles. The maximum Gasteiger partial charge on any atom is 0.251 e. The molecule has 0 bridgehead atoms. The van der Waals surface area contributed by atoms with Crippen LogP contribution in [0, 0.1) is 5.92 Å². The van der Waals surface area contributed by atoms with Gasteiger partial charge in [0.1, 0.15) is 11.6 Å². The van der Waals surface area contributed by atoms with Crippen LogP contribution >= 0.6 is 0 Å². The highest BCUT2D eigenvalue weighted by molar-refractivity contribution is 5.94. The van der Waals surface area contributed by atoms with Crippen molar-refractivity contribution in [1.29, 1.82) is 0 Å². The number of methoxy groups -OCH3 is 1. The van der Waals surface area contributed by atoms with E-state index >= 15 is 0 Å². The van der Waals surface area contributed by atoms with E-state index in [0.717, 1.165) is 50.3 Å². The van der Waals surface area contributed by atoms with Crippen molar-refractivity contribution >= 4 is 17.7 Å². The Morgan fingerprint density at radius 1 is 1.12 bits per heavy atom. The average Bonchev–Trinajstić information content (AvgIpc) is 2.82. The number of nitrogens with zero attached hydrogens (tertiary/aromatic N) is 3. The summed E-state index contributed by atoms with van der Waals surface area (Å²) in [6.45, 7) is 0.711. The summed E-state index contributed by atoms with van der Waals surface area (Å²) < 4.78 is 5.21. The lowest BCUT2D eigenvalue weighted by Gasteiger charge is -2.30. The molecule has 7 heteroatoms. The van der Waals surface area contributed by atoms with E-state index in [1.165, 1.54) is 24.1 Å². The summed E-state index contributed by atoms with van der Waals surface area (Å²) in [4.78, 5) is 24.3. The largest absolute Gasteiger partial charge is 0.497 e. The Morgan fingerprint density at radius 2 is 1.91 bits per heavy atom. The number of benzene rings is 1. The van der Waals surface area contributed by atoms with Crippen LogP contribution in [0.25, 0.3) is 0 Å². The fraction of sp³-hybridized carbons (Fsp3) is 0.560. The summed E-state index contributed by atoms with van der Waals surface area (Å²) in [6, 6.07) is 7.67. The van der Waals surface area contributed by atoms with Crippen molar-refractivity contribution in [1.82, 2.24) is 15.3 Å². The van der Waals surface area contributed by atoms with Crippen molar-refractivity contribution in [2.75, 3.05) is 38.0 Å². The molecule has 0 unspecified atom stereocenters. The molecule has 1 amide bonds. The zero-order valence-electron chi connectivity index (χ0n) is 19.5. The van der Waals surface area contributed by atoms with Crippen molar-refractivity contribution < 1.29 is 9.53 Å². The van der Waals surface area contributed by atoms with Crippen molar-refractivity contribution in [2.24, 2.45) is 5.92 Å². The number of hydrogen-bond donors (Lipinski definition) is 2. The second-order valence-corrected chi connectivity index (χ2v) is 9.20. The van der Waals surface area contributed by atoms with Gasteiger partial charge in [-0.2, -0.15) is 4.98 Å². The van der Waals surface area contributed by atoms with Crippen LogP contribution < -0.4 is 20.3 Å². The van der Waals surface area contributed by atoms with E-state index in [4.69, 9.17) is 14.7 Å². The summed E-state index contributed by atoms with van der Waals surface area (Å²) in [5, 5.41) is 6.69. The molecular weight excluding hydrogens is 402 g/mol. The molecule has 2 aliphatic rings. The number of rotatable bonds is 7. The number of carbonyl (C=O) groups excluding carboxylic acids is 1. The quantitative estimate of drug-likeness (QED) is 0.685. The molecule has 0 atom stereocenters. The first-order valence-electron chi connectivity index (χ1n) is 11.8. The molecule has 172 valence electrons. The predicted octanol–water partition coefficient (Wildman–Crippen LogP) is 3.83. The smallest absolute Gasteiger partial charge is 0.251 e. The van der Waals surface area contributed by atoms with Crippen molar-refractivity contribution in [3.05, 3.63) is 41.1 Å². The molecule has 2 N–H and O–H groups in total. The number of carbonyl (C=O) groups is 1. The summed E-state index contributed by atoms with van der Waals surface area (Å²) in [5.41, 5.74) is 3.18. The number of fused-ring (bicyclic) bond motifs is 1. The molecule has 1 aromatic heterocycles. The molecule has 1 aromatic carbocycles. The van der Waals surface area contributed by atoms with Gasteiger partial charge in [0.2, 0.25) is 5.95 Å². The summed E-state index contributed by atoms with van der Waals surface area (Å²) in [5.74, 6) is 2.99. The first-order valence-corrected chi connectivity index (χ1v) is 11.8. The van der Waals surface area contributed by atoms with Gasteiger partial charge in [-0.05, 0) is 75.5 Å². The number of aromatic nitrogens is 2. The first-order chi connectivity index (χ1) is 15.5. The zero-order chi connectivity index (χ0) is 22.5. The van der Waals surface area contributed by atoms with Crippen LogP contribution in [0.4, 0.5) is 11.8 Å². The summed E-state index contributed by atoms with van der Waals surface area (Å²) in [6.07, 6.45) is 8.87. The van der Waals surface area contributed by atoms with Crippen LogP contribution in [0.1, 0.15) is 60.1 Å². The second-order valence-electron chi connectivity index (χ2n) is 9.20. The SMILES string of the molecule is COc1cccc(C(=O)NCC2CCC(Nc3nc4c(c(N(C)C)n3)CCCC4)CC2)c1. The van der Waals surface area contributed by atoms with Gasteiger partial charge >= 0.3 is 0 Å². The Labute approximate surface area is 191 Å². The predicted molar refractivity (Wildman–Crippen MR) is 128 cm³/mol. The van der Waals surface area contributed by atoms with Crippen molar-refractivity contribution in [3.63, 3.8) is 0 Å². The summed E-state index contributed by atoms with van der Waals surface area (Å²) in [7, 11) is 5.73. The zero-order valence-corrected chi connectivity index (χ0v) is 19.5. The van der Waals surface area contributed by atoms with Gasteiger partial charge in [-0.1, -0.05) is 6.07 Å². The lowest BCUT2D eigenvalue weighted by atomic mass is 9.86. The average molecular weight is 438 g/mol. The molecule has 1 heterocycles. The van der Waals surface area contributed by atoms with Crippen LogP contribution in [0.15, 0.2) is 24.3 Å². The van der Waals surface area contributed by atoms with E-state index in [1.807, 2.05) is 18.2 Å². The fourth-order valence-electron chi connectivity index (χ4n) is 4.81. The highest BCUT2D eigenvalue weighted by Gasteiger charge is 2.24. The Balaban J connectivity index is 1.29. The molecule has 0 saturated heterocycles. The molecule has 1 fully saturated rings. The third kappa shape index (κ3) is 5.31. The lowest BCUT2D eigenvalue weighted by Crippen LogP contribution is -2.34. The minimum atomic E-state index is -0.0391. The maximum absolute atomic E-state index is 12.5. The van der Waals surface area contributed by atoms with E-state index in [1.54, 1.807) is 13.2 Å². The van der Waals surface area contributed by atoms with Gasteiger partial charge in [0.25, 0.3) is 5.91 Å². The molecule has 4 rings (SSSR count). The van der Waals surface area contributed by atoms with Crippen LogP contribution in [0.3, 0.4) is 0 Å². The number of aryl methyl sites for hydroxylation is 1. The number of ether oxygens (including phenoxy) is 1. The van der Waals surface area contributed by atoms with Crippen LogP contribution in [-0.2, 0) is 12.8 Å². The number of amides is 1. The maximum atomic E-state index is 12.5. The Morgan fingerprint density at radius 3 is 2.66 bits per heavy atom. The molecule has 0 aliphatic heterocycles. The Hall–Kier alpha value is -2.83. The molecule has 0 radical (unpaired) electrons. The first kappa shape index (κ1) is 22.4. The fourth-order valence-corrected chi connectivity index (χ4v) is 4.81. The highest BCUT2D eigenvalue weighted by Crippen LogP contribution is 2.30. The van der Waals surface area contributed by atoms with Gasteiger partial charge < -0.3 is 20.3 Å². The minimum absolute atomic E-state index is 0.0391. The van der Waals surface area contributed by atoms with Gasteiger partial charge in [-0.3, -0.25) is 4.79 Å². The van der Waals surface area contributed by atoms with E-state index in [9.17, 15) is 4.79 Å². The third-order valence-corrected chi connectivity index (χ3v) is 6.65. The molecule has 32 heavy (non-hydrogen) atoms. The van der Waals surface area contributed by atoms with Gasteiger partial charge in [0.15, 0.2) is 0 Å². The summed E-state index contributed by atoms with van der Waals surface area (Å²) >= 11 is 0. The van der Waals surface area contributed by atoms with Crippen LogP contribution in [0.5, 0.6) is 5.75 Å². The molecule has 7 nitrogen and oxygen atoms in total. The van der Waals surface area contributed by atoms with Gasteiger partial charge in [0, 0.05) is 37.8 Å². The van der Waals surface area contributed by atoms with Crippen LogP contribution in [-0.4, -0.2) is 49.7 Å².